The van der Waals surface area contributed by atoms with E-state index in [0.29, 0.717) is 0 Å². The van der Waals surface area contributed by atoms with Crippen LogP contribution in [-0.4, -0.2) is 23.2 Å². The summed E-state index contributed by atoms with van der Waals surface area (Å²) >= 11 is 0. The number of nitrogens with zero attached hydrogens (tertiary/aromatic N) is 1. The van der Waals surface area contributed by atoms with Crippen LogP contribution in [0.3, 0.4) is 0 Å². The Balaban J connectivity index is 2.24. The molecular formula is C15H17N2O2-. The van der Waals surface area contributed by atoms with Crippen molar-refractivity contribution < 1.29 is 16.8 Å². The predicted octanol–water partition coefficient (Wildman–Crippen LogP) is 1.56. The van der Waals surface area contributed by atoms with E-state index in [2.05, 4.69) is 9.98 Å². The van der Waals surface area contributed by atoms with E-state index in [9.17, 15) is 9.90 Å². The summed E-state index contributed by atoms with van der Waals surface area (Å²) < 4.78 is 36.5. The number of aromatic nitrogens is 1. The fourth-order valence-corrected chi connectivity index (χ4v) is 1.90. The van der Waals surface area contributed by atoms with Crippen molar-refractivity contribution in [2.75, 3.05) is 0 Å². The molecular weight excluding hydrogens is 240 g/mol. The van der Waals surface area contributed by atoms with Crippen molar-refractivity contribution in [2.45, 2.75) is 26.2 Å². The molecule has 2 atom stereocenters. The van der Waals surface area contributed by atoms with Gasteiger partial charge in [0.2, 0.25) is 0 Å². The lowest BCUT2D eigenvalue weighted by Gasteiger charge is -2.13. The van der Waals surface area contributed by atoms with Gasteiger partial charge in [-0.25, -0.2) is 0 Å². The molecule has 1 N–H and O–H groups in total. The van der Waals surface area contributed by atoms with E-state index in [1.165, 1.54) is 0 Å². The molecule has 0 radical (unpaired) electrons. The molecule has 0 saturated carbocycles. The van der Waals surface area contributed by atoms with Gasteiger partial charge in [-0.3, -0.25) is 4.99 Å². The van der Waals surface area contributed by atoms with Gasteiger partial charge in [-0.15, -0.1) is 0 Å². The molecule has 0 aliphatic heterocycles. The zero-order valence-corrected chi connectivity index (χ0v) is 10.2. The summed E-state index contributed by atoms with van der Waals surface area (Å²) in [4.78, 5) is 18.1. The molecule has 0 saturated heterocycles. The normalized spacial score (nSPS) is 19.5. The summed E-state index contributed by atoms with van der Waals surface area (Å²) in [6, 6.07) is 6.08. The van der Waals surface area contributed by atoms with Crippen LogP contribution in [-0.2, 0) is 11.2 Å². The zero-order chi connectivity index (χ0) is 17.9. The topological polar surface area (TPSA) is 68.3 Å². The highest BCUT2D eigenvalue weighted by Crippen LogP contribution is 2.19. The number of hydrogen-bond donors (Lipinski definition) is 1. The number of aliphatic imine (C=N–C) groups is 1. The highest BCUT2D eigenvalue weighted by atomic mass is 16.4. The molecule has 19 heavy (non-hydrogen) atoms. The van der Waals surface area contributed by atoms with Crippen molar-refractivity contribution in [3.8, 4) is 0 Å². The standard InChI is InChI=1S/C15H18N2O2/c1-10(2)8-16-14(15(18)19)7-11-9-17-13-6-4-3-5-12(11)13/h3-6,8-10,14,17H,7H2,1-2H3,(H,18,19)/p-1/t14-/m1/s1/i1D2,2D3/t10?,14-. The molecule has 1 unspecified atom stereocenters. The van der Waals surface area contributed by atoms with Crippen LogP contribution in [0.2, 0.25) is 0 Å². The molecule has 0 aliphatic carbocycles. The fourth-order valence-electron chi connectivity index (χ4n) is 1.90. The van der Waals surface area contributed by atoms with Crippen molar-refractivity contribution in [3.05, 3.63) is 36.0 Å². The first-order valence-corrected chi connectivity index (χ1v) is 5.84. The monoisotopic (exact) mass is 262 g/mol. The Bertz CT molecular complexity index is 739. The molecule has 1 aromatic heterocycles. The van der Waals surface area contributed by atoms with Crippen LogP contribution in [0, 0.1) is 5.92 Å². The minimum absolute atomic E-state index is 0.0250. The number of nitrogens with one attached hydrogen (secondary N) is 1. The molecule has 4 heteroatoms. The molecule has 1 aromatic carbocycles. The van der Waals surface area contributed by atoms with Crippen molar-refractivity contribution in [2.24, 2.45) is 10.9 Å². The van der Waals surface area contributed by atoms with Crippen LogP contribution in [0.1, 0.15) is 26.1 Å². The van der Waals surface area contributed by atoms with Crippen LogP contribution in [0.4, 0.5) is 0 Å². The highest BCUT2D eigenvalue weighted by Gasteiger charge is 2.12. The average molecular weight is 262 g/mol. The number of carboxylic acid groups (broad SMARTS) is 1. The number of benzene rings is 1. The molecule has 0 spiro atoms. The van der Waals surface area contributed by atoms with E-state index in [1.54, 1.807) is 6.20 Å². The Kier molecular flexibility index (Phi) is 2.44. The van der Waals surface area contributed by atoms with E-state index < -0.39 is 31.7 Å². The molecule has 1 heterocycles. The second-order valence-corrected chi connectivity index (χ2v) is 4.22. The third kappa shape index (κ3) is 3.22. The lowest BCUT2D eigenvalue weighted by atomic mass is 10.1. The lowest BCUT2D eigenvalue weighted by molar-refractivity contribution is -0.307. The van der Waals surface area contributed by atoms with Gasteiger partial charge in [-0.2, -0.15) is 0 Å². The molecule has 0 bridgehead atoms. The Morgan fingerprint density at radius 3 is 3.16 bits per heavy atom. The van der Waals surface area contributed by atoms with Gasteiger partial charge < -0.3 is 14.9 Å². The number of carboxylic acids is 1. The maximum Gasteiger partial charge on any atom is 0.0930 e. The van der Waals surface area contributed by atoms with Crippen LogP contribution in [0.15, 0.2) is 35.5 Å². The van der Waals surface area contributed by atoms with Crippen molar-refractivity contribution >= 4 is 23.1 Å². The number of H-pyrrole nitrogens is 1. The quantitative estimate of drug-likeness (QED) is 0.831. The minimum Gasteiger partial charge on any atom is -0.548 e. The first-order chi connectivity index (χ1) is 11.2. The molecule has 100 valence electrons. The number of hydrogen-bond acceptors (Lipinski definition) is 3. The van der Waals surface area contributed by atoms with E-state index >= 15 is 0 Å². The Morgan fingerprint density at radius 2 is 2.42 bits per heavy atom. The number of aromatic amines is 1. The maximum atomic E-state index is 11.3. The number of carbonyl (C=O) groups excluding carboxylic acids is 1. The molecule has 2 rings (SSSR count). The van der Waals surface area contributed by atoms with Gasteiger partial charge in [0.05, 0.1) is 12.0 Å². The van der Waals surface area contributed by atoms with Crippen LogP contribution >= 0.6 is 0 Å². The fraction of sp³-hybridized carbons (Fsp3) is 0.333. The Morgan fingerprint density at radius 1 is 1.58 bits per heavy atom. The number of aliphatic carboxylic acids is 1. The summed E-state index contributed by atoms with van der Waals surface area (Å²) in [6.45, 7) is -4.26. The molecule has 0 aliphatic rings. The van der Waals surface area contributed by atoms with Crippen LogP contribution in [0.5, 0.6) is 0 Å². The smallest absolute Gasteiger partial charge is 0.0930 e. The van der Waals surface area contributed by atoms with Gasteiger partial charge in [0, 0.05) is 36.6 Å². The number of carbonyl (C=O) groups is 1. The van der Waals surface area contributed by atoms with Gasteiger partial charge in [0.25, 0.3) is 0 Å². The summed E-state index contributed by atoms with van der Waals surface area (Å²) in [7, 11) is 0. The van der Waals surface area contributed by atoms with Crippen molar-refractivity contribution in [1.82, 2.24) is 4.98 Å². The average Bonchev–Trinajstić information content (AvgIpc) is 2.87. The summed E-state index contributed by atoms with van der Waals surface area (Å²) in [5.74, 6) is -2.89. The summed E-state index contributed by atoms with van der Waals surface area (Å²) in [5.41, 5.74) is 1.57. The second-order valence-electron chi connectivity index (χ2n) is 4.22. The highest BCUT2D eigenvalue weighted by molar-refractivity contribution is 5.84. The third-order valence-electron chi connectivity index (χ3n) is 2.79. The maximum absolute atomic E-state index is 11.3. The van der Waals surface area contributed by atoms with E-state index in [-0.39, 0.29) is 6.42 Å². The van der Waals surface area contributed by atoms with Gasteiger partial charge in [-0.05, 0) is 17.5 Å². The van der Waals surface area contributed by atoms with Crippen LogP contribution < -0.4 is 5.11 Å². The van der Waals surface area contributed by atoms with Gasteiger partial charge in [0.15, 0.2) is 0 Å². The number of fused-ring (bicyclic) bond motifs is 1. The Labute approximate surface area is 119 Å². The molecule has 0 amide bonds. The first-order valence-electron chi connectivity index (χ1n) is 8.49. The largest absolute Gasteiger partial charge is 0.548 e. The lowest BCUT2D eigenvalue weighted by Crippen LogP contribution is -2.36. The summed E-state index contributed by atoms with van der Waals surface area (Å²) in [6.07, 6.45) is 2.58. The molecule has 4 nitrogen and oxygen atoms in total. The molecule has 2 aromatic rings. The molecule has 0 fully saturated rings. The first kappa shape index (κ1) is 8.15. The third-order valence-corrected chi connectivity index (χ3v) is 2.79. The van der Waals surface area contributed by atoms with E-state index in [4.69, 9.17) is 6.85 Å². The number of para-hydroxylation sites is 1. The SMILES string of the molecule is [2H]C([2H])C(C=N[C@H](Cc1c[nH]c2ccccc12)C(=O)[O-])C([2H])([2H])[2H]. The van der Waals surface area contributed by atoms with Gasteiger partial charge >= 0.3 is 0 Å². The van der Waals surface area contributed by atoms with Crippen molar-refractivity contribution in [3.63, 3.8) is 0 Å². The zero-order valence-electron chi connectivity index (χ0n) is 15.2. The van der Waals surface area contributed by atoms with E-state index in [0.717, 1.165) is 22.7 Å². The minimum atomic E-state index is -2.59. The predicted molar refractivity (Wildman–Crippen MR) is 74.1 cm³/mol. The second kappa shape index (κ2) is 5.69. The van der Waals surface area contributed by atoms with Crippen molar-refractivity contribution in [1.29, 1.82) is 0 Å². The van der Waals surface area contributed by atoms with E-state index in [1.807, 2.05) is 24.3 Å². The van der Waals surface area contributed by atoms with Crippen LogP contribution in [0.25, 0.3) is 10.9 Å². The Hall–Kier alpha value is -2.10. The number of rotatable bonds is 5. The summed E-state index contributed by atoms with van der Waals surface area (Å²) in [5, 5.41) is 12.2. The van der Waals surface area contributed by atoms with Gasteiger partial charge in [-0.1, -0.05) is 31.9 Å². The van der Waals surface area contributed by atoms with Gasteiger partial charge in [0.1, 0.15) is 0 Å².